The molecule has 2 aliphatic rings. The number of cyclic esters (lactones) is 1. The monoisotopic (exact) mass is 530 g/mol. The van der Waals surface area contributed by atoms with Crippen LogP contribution in [-0.4, -0.2) is 50.2 Å². The van der Waals surface area contributed by atoms with E-state index in [-0.39, 0.29) is 43.0 Å². The van der Waals surface area contributed by atoms with E-state index in [9.17, 15) is 14.4 Å². The van der Waals surface area contributed by atoms with Gasteiger partial charge in [0.15, 0.2) is 0 Å². The molecule has 0 radical (unpaired) electrons. The first kappa shape index (κ1) is 27.7. The average molecular weight is 531 g/mol. The molecule has 3 aromatic carbocycles. The van der Waals surface area contributed by atoms with Gasteiger partial charge in [0.2, 0.25) is 5.91 Å². The first-order valence-electron chi connectivity index (χ1n) is 13.0. The molecule has 2 amide bonds. The minimum atomic E-state index is -0.313. The number of aryl methyl sites for hydroxylation is 1. The summed E-state index contributed by atoms with van der Waals surface area (Å²) in [5.74, 6) is 0.247. The van der Waals surface area contributed by atoms with Gasteiger partial charge in [-0.3, -0.25) is 14.5 Å². The van der Waals surface area contributed by atoms with E-state index in [4.69, 9.17) is 14.2 Å². The average Bonchev–Trinajstić information content (AvgIpc) is 3.35. The topological polar surface area (TPSA) is 85.4 Å². The van der Waals surface area contributed by atoms with Crippen molar-refractivity contribution in [3.63, 3.8) is 0 Å². The maximum Gasteiger partial charge on any atom is 0.415 e. The molecular weight excluding hydrogens is 496 g/mol. The number of anilines is 1. The number of carbonyl (C=O) groups excluding carboxylic acids is 3. The van der Waals surface area contributed by atoms with E-state index >= 15 is 0 Å². The van der Waals surface area contributed by atoms with Crippen LogP contribution in [0.25, 0.3) is 0 Å². The van der Waals surface area contributed by atoms with Crippen molar-refractivity contribution in [3.05, 3.63) is 95.6 Å². The molecule has 2 fully saturated rings. The van der Waals surface area contributed by atoms with Gasteiger partial charge >= 0.3 is 12.1 Å². The van der Waals surface area contributed by atoms with Crippen LogP contribution in [0.5, 0.6) is 5.75 Å². The molecule has 0 aliphatic carbocycles. The van der Waals surface area contributed by atoms with E-state index < -0.39 is 0 Å². The molecule has 2 aliphatic heterocycles. The highest BCUT2D eigenvalue weighted by atomic mass is 16.6. The van der Waals surface area contributed by atoms with Gasteiger partial charge in [0, 0.05) is 25.7 Å². The second-order valence-corrected chi connectivity index (χ2v) is 9.67. The standard InChI is InChI=1S/C17H17NO3.C14H17NO3/c1-12-6-8-14(9-7-12)18-16(11-21-17(18)19)13-4-3-5-15(10-13)20-2;1-15-8-7-12(9-13(15)16)14(17)18-10-11-5-3-2-4-6-11/h3-10,16H,11H2,1-2H3;2-6,12H,7-10H2,1H3. The molecule has 0 aromatic heterocycles. The van der Waals surface area contributed by atoms with Crippen molar-refractivity contribution in [3.8, 4) is 5.75 Å². The number of hydrogen-bond donors (Lipinski definition) is 0. The summed E-state index contributed by atoms with van der Waals surface area (Å²) in [6.45, 7) is 3.27. The Hall–Kier alpha value is -4.33. The molecule has 2 unspecified atom stereocenters. The Morgan fingerprint density at radius 3 is 2.44 bits per heavy atom. The lowest BCUT2D eigenvalue weighted by Gasteiger charge is -2.27. The lowest BCUT2D eigenvalue weighted by atomic mass is 9.97. The van der Waals surface area contributed by atoms with Gasteiger partial charge in [-0.1, -0.05) is 60.2 Å². The van der Waals surface area contributed by atoms with Crippen molar-refractivity contribution in [2.75, 3.05) is 32.2 Å². The quantitative estimate of drug-likeness (QED) is 0.402. The third kappa shape index (κ3) is 7.16. The summed E-state index contributed by atoms with van der Waals surface area (Å²) in [5.41, 5.74) is 3.96. The second kappa shape index (κ2) is 13.0. The van der Waals surface area contributed by atoms with Crippen LogP contribution in [0, 0.1) is 12.8 Å². The number of nitrogens with zero attached hydrogens (tertiary/aromatic N) is 2. The summed E-state index contributed by atoms with van der Waals surface area (Å²) in [4.78, 5) is 38.7. The van der Waals surface area contributed by atoms with E-state index in [1.54, 1.807) is 24.0 Å². The second-order valence-electron chi connectivity index (χ2n) is 9.67. The van der Waals surface area contributed by atoms with Gasteiger partial charge in [0.1, 0.15) is 19.0 Å². The first-order valence-corrected chi connectivity index (χ1v) is 13.0. The molecule has 204 valence electrons. The number of methoxy groups -OCH3 is 1. The molecule has 2 atom stereocenters. The molecule has 2 saturated heterocycles. The number of rotatable bonds is 6. The molecule has 3 aromatic rings. The van der Waals surface area contributed by atoms with Crippen LogP contribution in [0.3, 0.4) is 0 Å². The van der Waals surface area contributed by atoms with E-state index in [1.165, 1.54) is 0 Å². The molecule has 8 heteroatoms. The molecule has 0 bridgehead atoms. The molecular formula is C31H34N2O6. The van der Waals surface area contributed by atoms with Crippen molar-refractivity contribution in [2.24, 2.45) is 5.92 Å². The van der Waals surface area contributed by atoms with Crippen LogP contribution in [0.2, 0.25) is 0 Å². The smallest absolute Gasteiger partial charge is 0.415 e. The Balaban J connectivity index is 0.000000183. The van der Waals surface area contributed by atoms with E-state index in [0.29, 0.717) is 19.6 Å². The van der Waals surface area contributed by atoms with Crippen LogP contribution in [0.15, 0.2) is 78.9 Å². The number of benzene rings is 3. The van der Waals surface area contributed by atoms with E-state index in [1.807, 2.05) is 85.8 Å². The van der Waals surface area contributed by atoms with Crippen molar-refractivity contribution in [2.45, 2.75) is 32.4 Å². The highest BCUT2D eigenvalue weighted by molar-refractivity contribution is 5.90. The van der Waals surface area contributed by atoms with E-state index in [2.05, 4.69) is 0 Å². The lowest BCUT2D eigenvalue weighted by Crippen LogP contribution is -2.38. The van der Waals surface area contributed by atoms with Gasteiger partial charge in [0.25, 0.3) is 0 Å². The molecule has 0 N–H and O–H groups in total. The lowest BCUT2D eigenvalue weighted by molar-refractivity contribution is -0.155. The fourth-order valence-corrected chi connectivity index (χ4v) is 4.50. The number of carbonyl (C=O) groups is 3. The highest BCUT2D eigenvalue weighted by Crippen LogP contribution is 2.34. The maximum absolute atomic E-state index is 12.1. The number of esters is 1. The summed E-state index contributed by atoms with van der Waals surface area (Å²) in [5, 5.41) is 0. The third-order valence-electron chi connectivity index (χ3n) is 6.88. The summed E-state index contributed by atoms with van der Waals surface area (Å²) >= 11 is 0. The number of likely N-dealkylation sites (tertiary alicyclic amines) is 1. The largest absolute Gasteiger partial charge is 0.497 e. The zero-order valence-corrected chi connectivity index (χ0v) is 22.5. The Morgan fingerprint density at radius 1 is 1.00 bits per heavy atom. The van der Waals surface area contributed by atoms with E-state index in [0.717, 1.165) is 28.1 Å². The van der Waals surface area contributed by atoms with Gasteiger partial charge in [-0.15, -0.1) is 0 Å². The van der Waals surface area contributed by atoms with Gasteiger partial charge in [0.05, 0.1) is 19.1 Å². The van der Waals surface area contributed by atoms with Gasteiger partial charge in [-0.2, -0.15) is 0 Å². The predicted molar refractivity (Wildman–Crippen MR) is 147 cm³/mol. The normalized spacial score (nSPS) is 18.6. The number of piperidine rings is 1. The molecule has 5 rings (SSSR count). The highest BCUT2D eigenvalue weighted by Gasteiger charge is 2.35. The summed E-state index contributed by atoms with van der Waals surface area (Å²) in [7, 11) is 3.39. The summed E-state index contributed by atoms with van der Waals surface area (Å²) < 4.78 is 15.7. The Bertz CT molecular complexity index is 1280. The molecule has 8 nitrogen and oxygen atoms in total. The van der Waals surface area contributed by atoms with Crippen LogP contribution < -0.4 is 9.64 Å². The zero-order chi connectivity index (χ0) is 27.8. The fourth-order valence-electron chi connectivity index (χ4n) is 4.50. The van der Waals surface area contributed by atoms with Crippen LogP contribution in [-0.2, 0) is 25.7 Å². The first-order chi connectivity index (χ1) is 18.9. The Kier molecular flexibility index (Phi) is 9.20. The van der Waals surface area contributed by atoms with Crippen LogP contribution >= 0.6 is 0 Å². The van der Waals surface area contributed by atoms with Crippen molar-refractivity contribution < 1.29 is 28.6 Å². The SMILES string of the molecule is CN1CCC(C(=O)OCc2ccccc2)CC1=O.COc1cccc(C2COC(=O)N2c2ccc(C)cc2)c1. The zero-order valence-electron chi connectivity index (χ0n) is 22.5. The van der Waals surface area contributed by atoms with Crippen LogP contribution in [0.4, 0.5) is 10.5 Å². The fraction of sp³-hybridized carbons (Fsp3) is 0.323. The summed E-state index contributed by atoms with van der Waals surface area (Å²) in [6.07, 6.45) is 0.645. The van der Waals surface area contributed by atoms with Crippen LogP contribution in [0.1, 0.15) is 35.6 Å². The van der Waals surface area contributed by atoms with Crippen molar-refractivity contribution in [1.82, 2.24) is 4.90 Å². The number of amides is 2. The van der Waals surface area contributed by atoms with Crippen molar-refractivity contribution in [1.29, 1.82) is 0 Å². The summed E-state index contributed by atoms with van der Waals surface area (Å²) in [6, 6.07) is 25.0. The minimum Gasteiger partial charge on any atom is -0.497 e. The van der Waals surface area contributed by atoms with Gasteiger partial charge in [-0.05, 0) is 48.7 Å². The van der Waals surface area contributed by atoms with Crippen molar-refractivity contribution >= 4 is 23.7 Å². The minimum absolute atomic E-state index is 0.0166. The molecule has 2 heterocycles. The van der Waals surface area contributed by atoms with Gasteiger partial charge < -0.3 is 19.1 Å². The van der Waals surface area contributed by atoms with Gasteiger partial charge in [-0.25, -0.2) is 4.79 Å². The molecule has 0 saturated carbocycles. The Labute approximate surface area is 229 Å². The molecule has 39 heavy (non-hydrogen) atoms. The number of ether oxygens (including phenoxy) is 3. The predicted octanol–water partition coefficient (Wildman–Crippen LogP) is 5.30. The third-order valence-corrected chi connectivity index (χ3v) is 6.88. The molecule has 0 spiro atoms. The maximum atomic E-state index is 12.1. The number of hydrogen-bond acceptors (Lipinski definition) is 6. The Morgan fingerprint density at radius 2 is 1.74 bits per heavy atom.